The molecule has 6 heteroatoms. The zero-order valence-corrected chi connectivity index (χ0v) is 10.3. The maximum absolute atomic E-state index is 11.9. The van der Waals surface area contributed by atoms with Gasteiger partial charge in [-0.1, -0.05) is 6.07 Å². The summed E-state index contributed by atoms with van der Waals surface area (Å²) < 4.78 is 1.76. The number of nitrogens with one attached hydrogen (secondary N) is 2. The first-order chi connectivity index (χ1) is 9.24. The van der Waals surface area contributed by atoms with Crippen LogP contribution in [0.5, 0.6) is 0 Å². The van der Waals surface area contributed by atoms with Crippen LogP contribution in [0.25, 0.3) is 5.52 Å². The number of rotatable bonds is 3. The van der Waals surface area contributed by atoms with Crippen molar-refractivity contribution in [2.24, 2.45) is 0 Å². The molecule has 6 nitrogen and oxygen atoms in total. The second kappa shape index (κ2) is 4.72. The van der Waals surface area contributed by atoms with Gasteiger partial charge in [-0.15, -0.1) is 0 Å². The molecule has 2 aromatic rings. The van der Waals surface area contributed by atoms with Crippen molar-refractivity contribution >= 4 is 17.3 Å². The Hall–Kier alpha value is -2.37. The molecular formula is C13H14N4O2. The van der Waals surface area contributed by atoms with Gasteiger partial charge < -0.3 is 10.6 Å². The van der Waals surface area contributed by atoms with Crippen LogP contribution in [0.4, 0.5) is 0 Å². The fraction of sp³-hybridized carbons (Fsp3) is 0.308. The van der Waals surface area contributed by atoms with Crippen LogP contribution in [-0.2, 0) is 16.1 Å². The second-order valence-corrected chi connectivity index (χ2v) is 4.58. The highest BCUT2D eigenvalue weighted by Crippen LogP contribution is 2.10. The summed E-state index contributed by atoms with van der Waals surface area (Å²) >= 11 is 0. The Morgan fingerprint density at radius 1 is 1.53 bits per heavy atom. The van der Waals surface area contributed by atoms with Crippen LogP contribution in [-0.4, -0.2) is 27.5 Å². The summed E-state index contributed by atoms with van der Waals surface area (Å²) in [6.45, 7) is 0.415. The zero-order valence-electron chi connectivity index (χ0n) is 10.3. The van der Waals surface area contributed by atoms with Crippen LogP contribution in [0.1, 0.15) is 18.4 Å². The molecule has 98 valence electrons. The lowest BCUT2D eigenvalue weighted by atomic mass is 10.2. The molecule has 0 spiro atoms. The first-order valence-electron chi connectivity index (χ1n) is 6.22. The topological polar surface area (TPSA) is 75.5 Å². The van der Waals surface area contributed by atoms with E-state index in [-0.39, 0.29) is 11.8 Å². The number of aromatic nitrogens is 2. The summed E-state index contributed by atoms with van der Waals surface area (Å²) in [6.07, 6.45) is 4.59. The van der Waals surface area contributed by atoms with Gasteiger partial charge in [-0.2, -0.15) is 5.10 Å². The average molecular weight is 258 g/mol. The molecule has 1 unspecified atom stereocenters. The van der Waals surface area contributed by atoms with Crippen LogP contribution in [0.2, 0.25) is 0 Å². The summed E-state index contributed by atoms with van der Waals surface area (Å²) in [5.41, 5.74) is 1.93. The molecule has 3 rings (SSSR count). The third-order valence-corrected chi connectivity index (χ3v) is 3.27. The van der Waals surface area contributed by atoms with Gasteiger partial charge in [0.1, 0.15) is 6.04 Å². The first kappa shape index (κ1) is 11.7. The van der Waals surface area contributed by atoms with Gasteiger partial charge in [0.15, 0.2) is 0 Å². The van der Waals surface area contributed by atoms with Crippen molar-refractivity contribution < 1.29 is 9.59 Å². The lowest BCUT2D eigenvalue weighted by molar-refractivity contribution is -0.125. The van der Waals surface area contributed by atoms with Gasteiger partial charge >= 0.3 is 0 Å². The quantitative estimate of drug-likeness (QED) is 0.827. The SMILES string of the molecule is O=C1CCC(C(=O)NCc2cnn3ccccc23)N1. The minimum absolute atomic E-state index is 0.0591. The number of amides is 2. The van der Waals surface area contributed by atoms with E-state index in [9.17, 15) is 9.59 Å². The second-order valence-electron chi connectivity index (χ2n) is 4.58. The maximum atomic E-state index is 11.9. The maximum Gasteiger partial charge on any atom is 0.242 e. The van der Waals surface area contributed by atoms with E-state index < -0.39 is 6.04 Å². The van der Waals surface area contributed by atoms with Crippen LogP contribution in [0, 0.1) is 0 Å². The monoisotopic (exact) mass is 258 g/mol. The lowest BCUT2D eigenvalue weighted by Gasteiger charge is -2.10. The van der Waals surface area contributed by atoms with Gasteiger partial charge in [-0.3, -0.25) is 9.59 Å². The highest BCUT2D eigenvalue weighted by molar-refractivity contribution is 5.90. The number of nitrogens with zero attached hydrogens (tertiary/aromatic N) is 2. The van der Waals surface area contributed by atoms with Crippen LogP contribution in [0.15, 0.2) is 30.6 Å². The molecule has 0 saturated carbocycles. The third kappa shape index (κ3) is 2.29. The van der Waals surface area contributed by atoms with Gasteiger partial charge in [0.25, 0.3) is 0 Å². The van der Waals surface area contributed by atoms with Crippen molar-refractivity contribution in [3.8, 4) is 0 Å². The van der Waals surface area contributed by atoms with Crippen LogP contribution < -0.4 is 10.6 Å². The van der Waals surface area contributed by atoms with E-state index in [0.29, 0.717) is 19.4 Å². The minimum Gasteiger partial charge on any atom is -0.350 e. The van der Waals surface area contributed by atoms with Gasteiger partial charge in [-0.05, 0) is 18.6 Å². The molecule has 1 aliphatic heterocycles. The number of carbonyl (C=O) groups excluding carboxylic acids is 2. The van der Waals surface area contributed by atoms with Gasteiger partial charge in [0.2, 0.25) is 11.8 Å². The lowest BCUT2D eigenvalue weighted by Crippen LogP contribution is -2.41. The van der Waals surface area contributed by atoms with Crippen LogP contribution in [0.3, 0.4) is 0 Å². The average Bonchev–Trinajstić information content (AvgIpc) is 3.02. The van der Waals surface area contributed by atoms with Crippen molar-refractivity contribution in [2.45, 2.75) is 25.4 Å². The number of hydrogen-bond donors (Lipinski definition) is 2. The molecule has 1 fully saturated rings. The number of fused-ring (bicyclic) bond motifs is 1. The predicted octanol–water partition coefficient (Wildman–Crippen LogP) is 0.229. The first-order valence-corrected chi connectivity index (χ1v) is 6.22. The molecule has 1 aliphatic rings. The van der Waals surface area contributed by atoms with E-state index >= 15 is 0 Å². The molecule has 2 aromatic heterocycles. The molecular weight excluding hydrogens is 244 g/mol. The molecule has 2 N–H and O–H groups in total. The molecule has 0 aromatic carbocycles. The minimum atomic E-state index is -0.394. The smallest absolute Gasteiger partial charge is 0.242 e. The largest absolute Gasteiger partial charge is 0.350 e. The Morgan fingerprint density at radius 3 is 3.21 bits per heavy atom. The Kier molecular flexibility index (Phi) is 2.91. The molecule has 2 amide bonds. The summed E-state index contributed by atoms with van der Waals surface area (Å²) in [5.74, 6) is -0.197. The van der Waals surface area contributed by atoms with E-state index in [1.165, 1.54) is 0 Å². The van der Waals surface area contributed by atoms with E-state index in [0.717, 1.165) is 11.1 Å². The Bertz CT molecular complexity index is 634. The third-order valence-electron chi connectivity index (χ3n) is 3.27. The molecule has 1 saturated heterocycles. The standard InChI is InChI=1S/C13H14N4O2/c18-12-5-4-10(16-12)13(19)14-7-9-8-15-17-6-2-1-3-11(9)17/h1-3,6,8,10H,4-5,7H2,(H,14,19)(H,16,18). The fourth-order valence-electron chi connectivity index (χ4n) is 2.24. The zero-order chi connectivity index (χ0) is 13.2. The molecule has 0 bridgehead atoms. The molecule has 0 aliphatic carbocycles. The van der Waals surface area contributed by atoms with Crippen molar-refractivity contribution in [1.29, 1.82) is 0 Å². The number of carbonyl (C=O) groups is 2. The summed E-state index contributed by atoms with van der Waals surface area (Å²) in [4.78, 5) is 22.9. The van der Waals surface area contributed by atoms with Gasteiger partial charge in [0.05, 0.1) is 11.7 Å². The highest BCUT2D eigenvalue weighted by Gasteiger charge is 2.26. The Balaban J connectivity index is 1.66. The molecule has 19 heavy (non-hydrogen) atoms. The Labute approximate surface area is 109 Å². The summed E-state index contributed by atoms with van der Waals surface area (Å²) in [6, 6.07) is 5.39. The predicted molar refractivity (Wildman–Crippen MR) is 68.2 cm³/mol. The normalized spacial score (nSPS) is 18.5. The molecule has 0 radical (unpaired) electrons. The summed E-state index contributed by atoms with van der Waals surface area (Å²) in [7, 11) is 0. The number of pyridine rings is 1. The summed E-state index contributed by atoms with van der Waals surface area (Å²) in [5, 5.41) is 9.68. The Morgan fingerprint density at radius 2 is 2.42 bits per heavy atom. The van der Waals surface area contributed by atoms with Crippen molar-refractivity contribution in [2.75, 3.05) is 0 Å². The van der Waals surface area contributed by atoms with Crippen LogP contribution >= 0.6 is 0 Å². The van der Waals surface area contributed by atoms with E-state index in [1.54, 1.807) is 10.7 Å². The highest BCUT2D eigenvalue weighted by atomic mass is 16.2. The molecule has 1 atom stereocenters. The van der Waals surface area contributed by atoms with Gasteiger partial charge in [-0.25, -0.2) is 4.52 Å². The molecule has 3 heterocycles. The van der Waals surface area contributed by atoms with E-state index in [2.05, 4.69) is 15.7 Å². The van der Waals surface area contributed by atoms with Crippen molar-refractivity contribution in [3.63, 3.8) is 0 Å². The van der Waals surface area contributed by atoms with Gasteiger partial charge in [0, 0.05) is 24.7 Å². The van der Waals surface area contributed by atoms with Crippen molar-refractivity contribution in [3.05, 3.63) is 36.2 Å². The fourth-order valence-corrected chi connectivity index (χ4v) is 2.24. The van der Waals surface area contributed by atoms with Crippen molar-refractivity contribution in [1.82, 2.24) is 20.2 Å². The van der Waals surface area contributed by atoms with E-state index in [1.807, 2.05) is 24.4 Å². The van der Waals surface area contributed by atoms with E-state index in [4.69, 9.17) is 0 Å². The number of hydrogen-bond acceptors (Lipinski definition) is 3.